The molecule has 0 spiro atoms. The van der Waals surface area contributed by atoms with E-state index in [1.165, 1.54) is 7.11 Å². The maximum atomic E-state index is 10.7. The monoisotopic (exact) mass is 198 g/mol. The van der Waals surface area contributed by atoms with Crippen LogP contribution in [-0.2, 0) is 22.5 Å². The van der Waals surface area contributed by atoms with Gasteiger partial charge in [-0.25, -0.2) is 4.79 Å². The standard InChI is InChI=1S/C9H14N2O3/c1-3-11-6-7(5-10-11)4-8(14-2)9(12)13/h5-6,8H,3-4H2,1-2H3,(H,12,13). The van der Waals surface area contributed by atoms with Crippen molar-refractivity contribution in [3.8, 4) is 0 Å². The highest BCUT2D eigenvalue weighted by Crippen LogP contribution is 2.05. The van der Waals surface area contributed by atoms with Gasteiger partial charge in [-0.05, 0) is 12.5 Å². The van der Waals surface area contributed by atoms with Gasteiger partial charge >= 0.3 is 5.97 Å². The Morgan fingerprint density at radius 1 is 1.79 bits per heavy atom. The van der Waals surface area contributed by atoms with Gasteiger partial charge in [0, 0.05) is 26.3 Å². The molecule has 1 unspecified atom stereocenters. The second-order valence-electron chi connectivity index (χ2n) is 2.97. The van der Waals surface area contributed by atoms with Gasteiger partial charge in [0.2, 0.25) is 0 Å². The summed E-state index contributed by atoms with van der Waals surface area (Å²) < 4.78 is 6.58. The number of hydrogen-bond acceptors (Lipinski definition) is 3. The van der Waals surface area contributed by atoms with Crippen LogP contribution >= 0.6 is 0 Å². The van der Waals surface area contributed by atoms with Gasteiger partial charge in [-0.2, -0.15) is 5.10 Å². The van der Waals surface area contributed by atoms with Crippen molar-refractivity contribution < 1.29 is 14.6 Å². The summed E-state index contributed by atoms with van der Waals surface area (Å²) in [5, 5.41) is 12.8. The van der Waals surface area contributed by atoms with Gasteiger partial charge < -0.3 is 9.84 Å². The second-order valence-corrected chi connectivity index (χ2v) is 2.97. The van der Waals surface area contributed by atoms with Crippen molar-refractivity contribution in [3.05, 3.63) is 18.0 Å². The lowest BCUT2D eigenvalue weighted by molar-refractivity contribution is -0.148. The summed E-state index contributed by atoms with van der Waals surface area (Å²) >= 11 is 0. The van der Waals surface area contributed by atoms with Crippen molar-refractivity contribution in [2.45, 2.75) is 26.0 Å². The van der Waals surface area contributed by atoms with Crippen molar-refractivity contribution in [3.63, 3.8) is 0 Å². The van der Waals surface area contributed by atoms with E-state index in [1.807, 2.05) is 13.1 Å². The van der Waals surface area contributed by atoms with Gasteiger partial charge in [0.1, 0.15) is 0 Å². The fourth-order valence-corrected chi connectivity index (χ4v) is 1.17. The number of ether oxygens (including phenoxy) is 1. The predicted molar refractivity (Wildman–Crippen MR) is 50.0 cm³/mol. The Balaban J connectivity index is 2.62. The average Bonchev–Trinajstić information content (AvgIpc) is 2.61. The van der Waals surface area contributed by atoms with Crippen LogP contribution in [0.2, 0.25) is 0 Å². The molecule has 1 aromatic rings. The highest BCUT2D eigenvalue weighted by atomic mass is 16.5. The molecule has 1 N–H and O–H groups in total. The number of aliphatic carboxylic acids is 1. The fourth-order valence-electron chi connectivity index (χ4n) is 1.17. The van der Waals surface area contributed by atoms with Crippen molar-refractivity contribution >= 4 is 5.97 Å². The molecule has 0 bridgehead atoms. The molecule has 1 atom stereocenters. The Hall–Kier alpha value is -1.36. The molecule has 0 aliphatic rings. The van der Waals surface area contributed by atoms with E-state index in [4.69, 9.17) is 9.84 Å². The molecule has 0 saturated carbocycles. The molecule has 1 aromatic heterocycles. The van der Waals surface area contributed by atoms with Gasteiger partial charge in [-0.1, -0.05) is 0 Å². The minimum atomic E-state index is -0.947. The van der Waals surface area contributed by atoms with Crippen LogP contribution in [0.3, 0.4) is 0 Å². The molecule has 1 heterocycles. The number of carboxylic acid groups (broad SMARTS) is 1. The zero-order valence-electron chi connectivity index (χ0n) is 8.30. The smallest absolute Gasteiger partial charge is 0.333 e. The van der Waals surface area contributed by atoms with Gasteiger partial charge in [0.05, 0.1) is 6.20 Å². The molecule has 0 radical (unpaired) electrons. The zero-order chi connectivity index (χ0) is 10.6. The number of aromatic nitrogens is 2. The van der Waals surface area contributed by atoms with E-state index in [0.717, 1.165) is 12.1 Å². The first-order chi connectivity index (χ1) is 6.67. The normalized spacial score (nSPS) is 12.7. The molecule has 0 amide bonds. The third-order valence-corrected chi connectivity index (χ3v) is 1.99. The van der Waals surface area contributed by atoms with Crippen LogP contribution in [0.15, 0.2) is 12.4 Å². The predicted octanol–water partition coefficient (Wildman–Crippen LogP) is 0.545. The molecule has 78 valence electrons. The summed E-state index contributed by atoms with van der Waals surface area (Å²) in [6, 6.07) is 0. The van der Waals surface area contributed by atoms with Gasteiger partial charge in [0.15, 0.2) is 6.10 Å². The summed E-state index contributed by atoms with van der Waals surface area (Å²) in [7, 11) is 1.39. The van der Waals surface area contributed by atoms with E-state index in [-0.39, 0.29) is 0 Å². The molecular formula is C9H14N2O3. The second kappa shape index (κ2) is 4.76. The highest BCUT2D eigenvalue weighted by molar-refractivity contribution is 5.72. The lowest BCUT2D eigenvalue weighted by Crippen LogP contribution is -2.24. The van der Waals surface area contributed by atoms with Gasteiger partial charge in [-0.3, -0.25) is 4.68 Å². The average molecular weight is 198 g/mol. The zero-order valence-corrected chi connectivity index (χ0v) is 8.30. The van der Waals surface area contributed by atoms with Crippen molar-refractivity contribution in [1.82, 2.24) is 9.78 Å². The topological polar surface area (TPSA) is 64.3 Å². The van der Waals surface area contributed by atoms with Crippen LogP contribution in [0.1, 0.15) is 12.5 Å². The maximum absolute atomic E-state index is 10.7. The SMILES string of the molecule is CCn1cc(CC(OC)C(=O)O)cn1. The molecule has 0 aliphatic carbocycles. The van der Waals surface area contributed by atoms with Crippen LogP contribution in [0.4, 0.5) is 0 Å². The number of carbonyl (C=O) groups is 1. The van der Waals surface area contributed by atoms with E-state index in [0.29, 0.717) is 6.42 Å². The van der Waals surface area contributed by atoms with Crippen LogP contribution in [0.25, 0.3) is 0 Å². The first-order valence-electron chi connectivity index (χ1n) is 4.44. The minimum absolute atomic E-state index is 0.353. The minimum Gasteiger partial charge on any atom is -0.479 e. The molecule has 0 saturated heterocycles. The van der Waals surface area contributed by atoms with Crippen molar-refractivity contribution in [2.75, 3.05) is 7.11 Å². The number of hydrogen-bond donors (Lipinski definition) is 1. The number of aryl methyl sites for hydroxylation is 1. The molecule has 5 heteroatoms. The molecule has 14 heavy (non-hydrogen) atoms. The Morgan fingerprint density at radius 3 is 2.93 bits per heavy atom. The van der Waals surface area contributed by atoms with Crippen LogP contribution in [0, 0.1) is 0 Å². The number of methoxy groups -OCH3 is 1. The maximum Gasteiger partial charge on any atom is 0.333 e. The molecule has 1 rings (SSSR count). The summed E-state index contributed by atoms with van der Waals surface area (Å²) in [5.74, 6) is -0.947. The molecule has 5 nitrogen and oxygen atoms in total. The van der Waals surface area contributed by atoms with Crippen molar-refractivity contribution in [2.24, 2.45) is 0 Å². The summed E-state index contributed by atoms with van der Waals surface area (Å²) in [5.41, 5.74) is 0.876. The Kier molecular flexibility index (Phi) is 3.64. The lowest BCUT2D eigenvalue weighted by Gasteiger charge is -2.07. The van der Waals surface area contributed by atoms with Crippen LogP contribution in [0.5, 0.6) is 0 Å². The number of rotatable bonds is 5. The van der Waals surface area contributed by atoms with E-state index in [1.54, 1.807) is 10.9 Å². The van der Waals surface area contributed by atoms with Crippen LogP contribution < -0.4 is 0 Å². The number of carboxylic acids is 1. The van der Waals surface area contributed by atoms with E-state index < -0.39 is 12.1 Å². The Bertz CT molecular complexity index is 309. The van der Waals surface area contributed by atoms with Crippen molar-refractivity contribution in [1.29, 1.82) is 0 Å². The number of nitrogens with zero attached hydrogens (tertiary/aromatic N) is 2. The summed E-state index contributed by atoms with van der Waals surface area (Å²) in [6.45, 7) is 2.76. The lowest BCUT2D eigenvalue weighted by atomic mass is 10.1. The Morgan fingerprint density at radius 2 is 2.50 bits per heavy atom. The first kappa shape index (κ1) is 10.7. The third-order valence-electron chi connectivity index (χ3n) is 1.99. The quantitative estimate of drug-likeness (QED) is 0.750. The van der Waals surface area contributed by atoms with E-state index in [2.05, 4.69) is 5.10 Å². The fraction of sp³-hybridized carbons (Fsp3) is 0.556. The van der Waals surface area contributed by atoms with E-state index >= 15 is 0 Å². The molecule has 0 aromatic carbocycles. The summed E-state index contributed by atoms with van der Waals surface area (Å²) in [4.78, 5) is 10.7. The summed E-state index contributed by atoms with van der Waals surface area (Å²) in [6.07, 6.45) is 3.06. The molecular weight excluding hydrogens is 184 g/mol. The Labute approximate surface area is 82.3 Å². The first-order valence-corrected chi connectivity index (χ1v) is 4.44. The third kappa shape index (κ3) is 2.56. The van der Waals surface area contributed by atoms with Gasteiger partial charge in [-0.15, -0.1) is 0 Å². The largest absolute Gasteiger partial charge is 0.479 e. The van der Waals surface area contributed by atoms with Crippen LogP contribution in [-0.4, -0.2) is 34.1 Å². The van der Waals surface area contributed by atoms with Gasteiger partial charge in [0.25, 0.3) is 0 Å². The highest BCUT2D eigenvalue weighted by Gasteiger charge is 2.17. The molecule has 0 fully saturated rings. The van der Waals surface area contributed by atoms with E-state index in [9.17, 15) is 4.79 Å². The molecule has 0 aliphatic heterocycles.